The smallest absolute Gasteiger partial charge is 0.294 e. The summed E-state index contributed by atoms with van der Waals surface area (Å²) in [5, 5.41) is 1.67. The molecule has 6 rings (SSSR count). The van der Waals surface area contributed by atoms with Crippen molar-refractivity contribution in [3.63, 3.8) is 0 Å². The lowest BCUT2D eigenvalue weighted by Crippen LogP contribution is -2.29. The minimum absolute atomic E-state index is 0.140. The van der Waals surface area contributed by atoms with Crippen LogP contribution in [0.5, 0.6) is 0 Å². The molecule has 0 saturated heterocycles. The number of rotatable bonds is 22. The maximum atomic E-state index is 12.0. The van der Waals surface area contributed by atoms with Gasteiger partial charge in [-0.15, -0.1) is 0 Å². The zero-order valence-corrected chi connectivity index (χ0v) is 42.2. The van der Waals surface area contributed by atoms with E-state index in [0.717, 1.165) is 121 Å². The zero-order chi connectivity index (χ0) is 49.0. The minimum atomic E-state index is -4.37. The van der Waals surface area contributed by atoms with Gasteiger partial charge in [-0.3, -0.25) is 13.7 Å². The summed E-state index contributed by atoms with van der Waals surface area (Å²) in [7, 11) is -12.7. The van der Waals surface area contributed by atoms with E-state index in [2.05, 4.69) is 87.5 Å². The Morgan fingerprint density at radius 1 is 0.776 bits per heavy atom. The number of aldehydes is 1. The van der Waals surface area contributed by atoms with Crippen LogP contribution in [0.4, 0.5) is 17.1 Å². The van der Waals surface area contributed by atoms with E-state index in [9.17, 15) is 43.7 Å². The molecule has 0 saturated carbocycles. The molecule has 0 fully saturated rings. The number of anilines is 2. The fraction of sp³-hybridized carbons (Fsp3) is 0.490. The van der Waals surface area contributed by atoms with Crippen molar-refractivity contribution < 1.29 is 48.3 Å². The topological polar surface area (TPSA) is 190 Å². The van der Waals surface area contributed by atoms with Crippen molar-refractivity contribution in [2.45, 2.75) is 128 Å². The van der Waals surface area contributed by atoms with E-state index < -0.39 is 52.7 Å². The van der Waals surface area contributed by atoms with Gasteiger partial charge in [-0.1, -0.05) is 45.4 Å². The van der Waals surface area contributed by atoms with Crippen LogP contribution >= 0.6 is 0 Å². The molecule has 1 aliphatic carbocycles. The molecule has 67 heavy (non-hydrogen) atoms. The molecule has 2 heterocycles. The fourth-order valence-corrected chi connectivity index (χ4v) is 11.6. The lowest BCUT2D eigenvalue weighted by molar-refractivity contribution is -0.438. The maximum Gasteiger partial charge on any atom is 0.294 e. The van der Waals surface area contributed by atoms with Crippen LogP contribution in [0.25, 0.3) is 10.8 Å². The highest BCUT2D eigenvalue weighted by atomic mass is 32.2. The van der Waals surface area contributed by atoms with Gasteiger partial charge in [-0.05, 0) is 148 Å². The molecule has 3 aromatic rings. The van der Waals surface area contributed by atoms with E-state index in [1.54, 1.807) is 6.07 Å². The van der Waals surface area contributed by atoms with Gasteiger partial charge in [-0.2, -0.15) is 29.8 Å². The Kier molecular flexibility index (Phi) is 16.3. The Balaban J connectivity index is 1.34. The van der Waals surface area contributed by atoms with Crippen LogP contribution in [0.2, 0.25) is 0 Å². The molecule has 16 heteroatoms. The van der Waals surface area contributed by atoms with E-state index in [1.807, 2.05) is 23.1 Å². The number of carbonyl (C=O) groups excluding carboxylic acids is 1. The molecule has 0 aromatic heterocycles. The highest BCUT2D eigenvalue weighted by molar-refractivity contribution is 7.86. The van der Waals surface area contributed by atoms with Gasteiger partial charge in [0.1, 0.15) is 12.8 Å². The molecular weight excluding hydrogens is 911 g/mol. The molecule has 0 amide bonds. The predicted molar refractivity (Wildman–Crippen MR) is 269 cm³/mol. The quantitative estimate of drug-likeness (QED) is 0.0375. The molecule has 0 atom stereocenters. The molecular formula is C51H68N3O10S3+. The first-order valence-corrected chi connectivity index (χ1v) is 28.1. The first kappa shape index (κ1) is 51.9. The lowest BCUT2D eigenvalue weighted by atomic mass is 9.78. The van der Waals surface area contributed by atoms with Crippen LogP contribution in [0, 0.1) is 0 Å². The number of benzene rings is 3. The molecule has 0 radical (unpaired) electrons. The SMILES string of the molecule is CCCCN1C(=CC=C2CCCC(C=CC3=[N+](CCCCCC=O)c4ccc5cc(S(=O)(=O)O)ccc5c4C3(C)C)=C2C)C(C)(C)c2cc(N(CCCS(=O)(=O)O)CCCS(=O)(=O)O)ccc21. The number of carbonyl (C=O) groups is 1. The summed E-state index contributed by atoms with van der Waals surface area (Å²) < 4.78 is 101. The van der Waals surface area contributed by atoms with E-state index in [-0.39, 0.29) is 30.8 Å². The van der Waals surface area contributed by atoms with Crippen molar-refractivity contribution in [3.8, 4) is 0 Å². The summed E-state index contributed by atoms with van der Waals surface area (Å²) in [5.74, 6) is -0.848. The standard InChI is InChI=1S/C51H67N3O10S3/c1-7-8-30-53-45-25-21-41(52(28-14-33-65(56,57)58)29-15-34-66(59,60)61)36-44(45)50(3,4)47(53)26-19-38-16-13-17-39(37(38)2)20-27-48-51(5,6)49-43-23-22-42(67(62,63)64)35-40(43)18-24-46(49)54(48)31-11-9-10-12-32-55/h18-27,32,35-36H,7-17,28-31,33-34H2,1-6H3,(H2-,56,57,58,59,60,61,62,63,64)/p+1. The summed E-state index contributed by atoms with van der Waals surface area (Å²) in [6, 6.07) is 14.9. The summed E-state index contributed by atoms with van der Waals surface area (Å²) in [5.41, 5.74) is 10.3. The Labute approximate surface area is 398 Å². The van der Waals surface area contributed by atoms with Crippen LogP contribution in [-0.2, 0) is 46.0 Å². The average molecular weight is 979 g/mol. The van der Waals surface area contributed by atoms with E-state index in [1.165, 1.54) is 28.9 Å². The summed E-state index contributed by atoms with van der Waals surface area (Å²) in [6.07, 6.45) is 18.3. The molecule has 3 aliphatic rings. The largest absolute Gasteiger partial charge is 0.371 e. The van der Waals surface area contributed by atoms with Crippen molar-refractivity contribution in [2.75, 3.05) is 47.5 Å². The Morgan fingerprint density at radius 3 is 2.12 bits per heavy atom. The van der Waals surface area contributed by atoms with E-state index >= 15 is 0 Å². The van der Waals surface area contributed by atoms with Crippen LogP contribution in [0.3, 0.4) is 0 Å². The molecule has 0 spiro atoms. The van der Waals surface area contributed by atoms with Crippen molar-refractivity contribution in [2.24, 2.45) is 0 Å². The predicted octanol–water partition coefficient (Wildman–Crippen LogP) is 10.0. The van der Waals surface area contributed by atoms with Gasteiger partial charge in [0.2, 0.25) is 5.69 Å². The van der Waals surface area contributed by atoms with Crippen molar-refractivity contribution in [3.05, 3.63) is 106 Å². The van der Waals surface area contributed by atoms with Gasteiger partial charge in [0.25, 0.3) is 30.4 Å². The molecule has 3 aromatic carbocycles. The van der Waals surface area contributed by atoms with Gasteiger partial charge in [0, 0.05) is 72.7 Å². The number of nitrogens with zero attached hydrogens (tertiary/aromatic N) is 3. The van der Waals surface area contributed by atoms with Crippen molar-refractivity contribution >= 4 is 70.2 Å². The summed E-state index contributed by atoms with van der Waals surface area (Å²) in [6.45, 7) is 15.3. The zero-order valence-electron chi connectivity index (χ0n) is 39.8. The summed E-state index contributed by atoms with van der Waals surface area (Å²) >= 11 is 0. The second kappa shape index (κ2) is 21.0. The third-order valence-corrected chi connectivity index (χ3v) is 16.2. The van der Waals surface area contributed by atoms with Gasteiger partial charge < -0.3 is 14.6 Å². The average Bonchev–Trinajstić information content (AvgIpc) is 3.60. The highest BCUT2D eigenvalue weighted by Gasteiger charge is 2.46. The van der Waals surface area contributed by atoms with E-state index in [4.69, 9.17) is 0 Å². The third-order valence-electron chi connectivity index (χ3n) is 13.7. The number of allylic oxidation sites excluding steroid dienone is 8. The van der Waals surface area contributed by atoms with Crippen LogP contribution in [-0.4, -0.2) is 93.2 Å². The van der Waals surface area contributed by atoms with Gasteiger partial charge in [0.05, 0.1) is 21.8 Å². The number of unbranched alkanes of at least 4 members (excludes halogenated alkanes) is 4. The molecule has 0 bridgehead atoms. The monoisotopic (exact) mass is 978 g/mol. The van der Waals surface area contributed by atoms with Crippen molar-refractivity contribution in [1.82, 2.24) is 0 Å². The molecule has 13 nitrogen and oxygen atoms in total. The fourth-order valence-electron chi connectivity index (χ4n) is 10.1. The number of hydrogen-bond donors (Lipinski definition) is 3. The second-order valence-corrected chi connectivity index (χ2v) is 23.7. The second-order valence-electron chi connectivity index (χ2n) is 19.2. The molecule has 0 unspecified atom stereocenters. The minimum Gasteiger partial charge on any atom is -0.371 e. The van der Waals surface area contributed by atoms with Crippen LogP contribution in [0.1, 0.15) is 123 Å². The summed E-state index contributed by atoms with van der Waals surface area (Å²) in [4.78, 5) is 15.2. The van der Waals surface area contributed by atoms with Crippen LogP contribution in [0.15, 0.2) is 100 Å². The van der Waals surface area contributed by atoms with E-state index in [0.29, 0.717) is 6.42 Å². The normalized spacial score (nSPS) is 18.5. The first-order valence-electron chi connectivity index (χ1n) is 23.5. The third kappa shape index (κ3) is 12.2. The van der Waals surface area contributed by atoms with Crippen LogP contribution < -0.4 is 9.80 Å². The molecule has 364 valence electrons. The molecule has 2 aliphatic heterocycles. The Morgan fingerprint density at radius 2 is 1.48 bits per heavy atom. The highest BCUT2D eigenvalue weighted by Crippen LogP contribution is 2.50. The molecule has 3 N–H and O–H groups in total. The van der Waals surface area contributed by atoms with Crippen molar-refractivity contribution in [1.29, 1.82) is 0 Å². The first-order chi connectivity index (χ1) is 31.5. The van der Waals surface area contributed by atoms with Gasteiger partial charge in [0.15, 0.2) is 5.71 Å². The maximum absolute atomic E-state index is 12.0. The lowest BCUT2D eigenvalue weighted by Gasteiger charge is -2.27. The Bertz CT molecular complexity index is 2840. The number of hydrogen-bond acceptors (Lipinski definition) is 9. The Hall–Kier alpha value is -4.45. The van der Waals surface area contributed by atoms with Gasteiger partial charge in [-0.25, -0.2) is 0 Å². The number of fused-ring (bicyclic) bond motifs is 4. The van der Waals surface area contributed by atoms with Gasteiger partial charge >= 0.3 is 0 Å².